The normalized spacial score (nSPS) is 20.8. The second kappa shape index (κ2) is 5.96. The van der Waals surface area contributed by atoms with Crippen molar-refractivity contribution in [3.63, 3.8) is 0 Å². The van der Waals surface area contributed by atoms with Crippen molar-refractivity contribution in [3.05, 3.63) is 39.7 Å². The Balaban J connectivity index is 2.07. The average Bonchev–Trinajstić information content (AvgIpc) is 2.77. The zero-order valence-electron chi connectivity index (χ0n) is 12.9. The molecule has 23 heavy (non-hydrogen) atoms. The van der Waals surface area contributed by atoms with E-state index >= 15 is 0 Å². The number of halogens is 2. The Morgan fingerprint density at radius 1 is 1.30 bits per heavy atom. The minimum absolute atomic E-state index is 0.108. The molecule has 1 N–H and O–H groups in total. The molecule has 0 spiro atoms. The molecule has 1 aliphatic heterocycles. The van der Waals surface area contributed by atoms with Gasteiger partial charge in [0, 0.05) is 17.1 Å². The van der Waals surface area contributed by atoms with Crippen molar-refractivity contribution < 1.29 is 18.7 Å². The van der Waals surface area contributed by atoms with Gasteiger partial charge < -0.3 is 4.74 Å². The van der Waals surface area contributed by atoms with Crippen LogP contribution in [0.15, 0.2) is 23.3 Å². The van der Waals surface area contributed by atoms with Gasteiger partial charge in [0.15, 0.2) is 0 Å². The van der Waals surface area contributed by atoms with Crippen LogP contribution in [0.2, 0.25) is 5.02 Å². The van der Waals surface area contributed by atoms with Crippen molar-refractivity contribution in [2.45, 2.75) is 45.1 Å². The number of imide groups is 1. The molecule has 2 amide bonds. The maximum absolute atomic E-state index is 14.5. The average molecular weight is 338 g/mol. The first-order valence-corrected chi connectivity index (χ1v) is 8.00. The number of hydrogen-bond donors (Lipinski definition) is 1. The first-order chi connectivity index (χ1) is 10.9. The molecule has 1 atom stereocenters. The van der Waals surface area contributed by atoms with Gasteiger partial charge in [0.25, 0.3) is 11.8 Å². The lowest BCUT2D eigenvalue weighted by molar-refractivity contribution is -0.124. The van der Waals surface area contributed by atoms with E-state index < -0.39 is 17.6 Å². The highest BCUT2D eigenvalue weighted by molar-refractivity contribution is 6.32. The monoisotopic (exact) mass is 337 g/mol. The number of rotatable bonds is 3. The predicted octanol–water partition coefficient (Wildman–Crippen LogP) is 3.49. The summed E-state index contributed by atoms with van der Waals surface area (Å²) >= 11 is 6.04. The summed E-state index contributed by atoms with van der Waals surface area (Å²) < 4.78 is 20.1. The Morgan fingerprint density at radius 2 is 2.04 bits per heavy atom. The van der Waals surface area contributed by atoms with Crippen molar-refractivity contribution in [1.29, 1.82) is 0 Å². The van der Waals surface area contributed by atoms with Crippen molar-refractivity contribution in [1.82, 2.24) is 5.32 Å². The molecule has 0 bridgehead atoms. The summed E-state index contributed by atoms with van der Waals surface area (Å²) in [4.78, 5) is 23.9. The third-order valence-corrected chi connectivity index (χ3v) is 4.42. The minimum Gasteiger partial charge on any atom is -0.489 e. The van der Waals surface area contributed by atoms with Crippen LogP contribution in [0.3, 0.4) is 0 Å². The number of amides is 2. The summed E-state index contributed by atoms with van der Waals surface area (Å²) in [6.45, 7) is 3.70. The molecule has 6 heteroatoms. The van der Waals surface area contributed by atoms with Crippen molar-refractivity contribution >= 4 is 23.4 Å². The molecular weight excluding hydrogens is 321 g/mol. The minimum atomic E-state index is -0.489. The Kier molecular flexibility index (Phi) is 4.15. The van der Waals surface area contributed by atoms with E-state index in [-0.39, 0.29) is 17.0 Å². The fourth-order valence-electron chi connectivity index (χ4n) is 3.22. The fourth-order valence-corrected chi connectivity index (χ4v) is 3.41. The SMILES string of the molecule is CC(C)Oc1cc(C2CCCC3=C2C(=O)NC3=O)c(F)cc1Cl. The molecule has 1 aliphatic carbocycles. The van der Waals surface area contributed by atoms with E-state index in [1.54, 1.807) is 6.07 Å². The van der Waals surface area contributed by atoms with E-state index in [0.717, 1.165) is 6.42 Å². The van der Waals surface area contributed by atoms with Crippen LogP contribution in [-0.4, -0.2) is 17.9 Å². The molecule has 0 aromatic heterocycles. The van der Waals surface area contributed by atoms with Gasteiger partial charge in [0.2, 0.25) is 0 Å². The molecule has 0 fully saturated rings. The second-order valence-electron chi connectivity index (χ2n) is 6.09. The van der Waals surface area contributed by atoms with Crippen LogP contribution in [0.5, 0.6) is 5.75 Å². The molecule has 0 radical (unpaired) electrons. The Hall–Kier alpha value is -1.88. The zero-order valence-corrected chi connectivity index (χ0v) is 13.7. The van der Waals surface area contributed by atoms with Gasteiger partial charge in [0.1, 0.15) is 11.6 Å². The van der Waals surface area contributed by atoms with E-state index in [1.807, 2.05) is 13.8 Å². The maximum Gasteiger partial charge on any atom is 0.255 e. The highest BCUT2D eigenvalue weighted by atomic mass is 35.5. The van der Waals surface area contributed by atoms with Crippen LogP contribution in [0.1, 0.15) is 44.6 Å². The van der Waals surface area contributed by atoms with Crippen molar-refractivity contribution in [2.24, 2.45) is 0 Å². The molecule has 1 heterocycles. The highest BCUT2D eigenvalue weighted by Crippen LogP contribution is 2.43. The van der Waals surface area contributed by atoms with Crippen molar-refractivity contribution in [2.75, 3.05) is 0 Å². The topological polar surface area (TPSA) is 55.4 Å². The van der Waals surface area contributed by atoms with Gasteiger partial charge >= 0.3 is 0 Å². The van der Waals surface area contributed by atoms with Gasteiger partial charge in [-0.15, -0.1) is 0 Å². The lowest BCUT2D eigenvalue weighted by atomic mass is 9.79. The molecule has 0 saturated heterocycles. The quantitative estimate of drug-likeness (QED) is 0.859. The molecule has 2 aliphatic rings. The lowest BCUT2D eigenvalue weighted by Crippen LogP contribution is -2.24. The summed E-state index contributed by atoms with van der Waals surface area (Å²) in [5.41, 5.74) is 1.21. The lowest BCUT2D eigenvalue weighted by Gasteiger charge is -2.24. The molecule has 3 rings (SSSR count). The number of hydrogen-bond acceptors (Lipinski definition) is 3. The summed E-state index contributed by atoms with van der Waals surface area (Å²) in [6, 6.07) is 2.76. The largest absolute Gasteiger partial charge is 0.489 e. The number of carbonyl (C=O) groups is 2. The number of nitrogens with one attached hydrogen (secondary N) is 1. The van der Waals surface area contributed by atoms with Gasteiger partial charge in [-0.05, 0) is 50.8 Å². The molecule has 0 saturated carbocycles. The van der Waals surface area contributed by atoms with Crippen LogP contribution in [0, 0.1) is 5.82 Å². The van der Waals surface area contributed by atoms with E-state index in [1.165, 1.54) is 6.07 Å². The molecule has 122 valence electrons. The zero-order chi connectivity index (χ0) is 16.7. The standard InChI is InChI=1S/C17H17ClFNO3/c1-8(2)23-14-6-11(13(19)7-12(14)18)9-4-3-5-10-15(9)17(22)20-16(10)21/h6-9H,3-5H2,1-2H3,(H,20,21,22). The van der Waals surface area contributed by atoms with E-state index in [4.69, 9.17) is 16.3 Å². The van der Waals surface area contributed by atoms with Gasteiger partial charge in [-0.2, -0.15) is 0 Å². The van der Waals surface area contributed by atoms with E-state index in [2.05, 4.69) is 5.32 Å². The second-order valence-corrected chi connectivity index (χ2v) is 6.50. The first kappa shape index (κ1) is 16.0. The van der Waals surface area contributed by atoms with Gasteiger partial charge in [-0.3, -0.25) is 14.9 Å². The Labute approximate surface area is 138 Å². The summed E-state index contributed by atoms with van der Waals surface area (Å²) in [5.74, 6) is -1.33. The van der Waals surface area contributed by atoms with Crippen LogP contribution >= 0.6 is 11.6 Å². The van der Waals surface area contributed by atoms with E-state index in [0.29, 0.717) is 35.3 Å². The number of benzene rings is 1. The van der Waals surface area contributed by atoms with Crippen LogP contribution in [0.4, 0.5) is 4.39 Å². The summed E-state index contributed by atoms with van der Waals surface area (Å²) in [7, 11) is 0. The van der Waals surface area contributed by atoms with E-state index in [9.17, 15) is 14.0 Å². The molecular formula is C17H17ClFNO3. The molecule has 1 aromatic carbocycles. The highest BCUT2D eigenvalue weighted by Gasteiger charge is 2.39. The molecule has 4 nitrogen and oxygen atoms in total. The Bertz CT molecular complexity index is 727. The molecule has 1 unspecified atom stereocenters. The third-order valence-electron chi connectivity index (χ3n) is 4.13. The van der Waals surface area contributed by atoms with Crippen LogP contribution in [0.25, 0.3) is 0 Å². The third kappa shape index (κ3) is 2.85. The summed E-state index contributed by atoms with van der Waals surface area (Å²) in [6.07, 6.45) is 1.78. The van der Waals surface area contributed by atoms with Crippen molar-refractivity contribution in [3.8, 4) is 5.75 Å². The van der Waals surface area contributed by atoms with Gasteiger partial charge in [0.05, 0.1) is 11.1 Å². The first-order valence-electron chi connectivity index (χ1n) is 7.62. The number of carbonyl (C=O) groups excluding carboxylic acids is 2. The predicted molar refractivity (Wildman–Crippen MR) is 83.9 cm³/mol. The number of ether oxygens (including phenoxy) is 1. The van der Waals surface area contributed by atoms with Crippen LogP contribution < -0.4 is 10.1 Å². The maximum atomic E-state index is 14.5. The molecule has 1 aromatic rings. The van der Waals surface area contributed by atoms with Gasteiger partial charge in [-0.25, -0.2) is 4.39 Å². The Morgan fingerprint density at radius 3 is 2.74 bits per heavy atom. The van der Waals surface area contributed by atoms with Crippen LogP contribution in [-0.2, 0) is 9.59 Å². The smallest absolute Gasteiger partial charge is 0.255 e. The van der Waals surface area contributed by atoms with Gasteiger partial charge in [-0.1, -0.05) is 11.6 Å². The summed E-state index contributed by atoms with van der Waals surface area (Å²) in [5, 5.41) is 2.50. The fraction of sp³-hybridized carbons (Fsp3) is 0.412.